The first-order valence-corrected chi connectivity index (χ1v) is 11.5. The Morgan fingerprint density at radius 2 is 1.68 bits per heavy atom. The predicted molar refractivity (Wildman–Crippen MR) is 136 cm³/mol. The van der Waals surface area contributed by atoms with Crippen LogP contribution < -0.4 is 15.0 Å². The first kappa shape index (κ1) is 22.1. The number of nitrogens with one attached hydrogen (secondary N) is 1. The highest BCUT2D eigenvalue weighted by atomic mass is 32.1. The zero-order valence-electron chi connectivity index (χ0n) is 19.2. The summed E-state index contributed by atoms with van der Waals surface area (Å²) < 4.78 is 21.3. The van der Waals surface area contributed by atoms with Gasteiger partial charge in [-0.2, -0.15) is 0 Å². The Kier molecular flexibility index (Phi) is 5.79. The number of anilines is 1. The molecule has 1 N–H and O–H groups in total. The molecule has 3 heterocycles. The van der Waals surface area contributed by atoms with E-state index in [0.29, 0.717) is 5.11 Å². The molecule has 1 saturated heterocycles. The third kappa shape index (κ3) is 3.82. The van der Waals surface area contributed by atoms with Gasteiger partial charge in [0.05, 0.1) is 24.9 Å². The summed E-state index contributed by atoms with van der Waals surface area (Å²) in [4.78, 5) is 6.68. The fourth-order valence-corrected chi connectivity index (χ4v) is 5.11. The number of hydrogen-bond acceptors (Lipinski definition) is 3. The SMILES string of the molecule is COc1ccc(-n2c(C)cc([C@H]3[C@@H](c4ccccn4)NC(=S)N3c3ccc(F)cc3)c2C)cc1. The normalized spacial score (nSPS) is 17.6. The molecule has 5 rings (SSSR count). The fourth-order valence-electron chi connectivity index (χ4n) is 4.77. The summed E-state index contributed by atoms with van der Waals surface area (Å²) in [6.07, 6.45) is 1.79. The molecule has 1 aliphatic heterocycles. The quantitative estimate of drug-likeness (QED) is 0.371. The maximum Gasteiger partial charge on any atom is 0.174 e. The van der Waals surface area contributed by atoms with Crippen LogP contribution in [-0.4, -0.2) is 21.8 Å². The summed E-state index contributed by atoms with van der Waals surface area (Å²) in [7, 11) is 1.66. The lowest BCUT2D eigenvalue weighted by Crippen LogP contribution is -2.29. The van der Waals surface area contributed by atoms with E-state index in [9.17, 15) is 4.39 Å². The number of hydrogen-bond donors (Lipinski definition) is 1. The highest BCUT2D eigenvalue weighted by molar-refractivity contribution is 7.80. The van der Waals surface area contributed by atoms with Crippen molar-refractivity contribution in [2.75, 3.05) is 12.0 Å². The second-order valence-corrected chi connectivity index (χ2v) is 8.72. The van der Waals surface area contributed by atoms with Crippen LogP contribution in [0.25, 0.3) is 5.69 Å². The number of halogens is 1. The highest BCUT2D eigenvalue weighted by Gasteiger charge is 2.42. The molecule has 2 aromatic heterocycles. The average molecular weight is 473 g/mol. The fraction of sp³-hybridized carbons (Fsp3) is 0.185. The van der Waals surface area contributed by atoms with Crippen molar-refractivity contribution in [3.05, 3.63) is 107 Å². The highest BCUT2D eigenvalue weighted by Crippen LogP contribution is 2.43. The molecule has 0 bridgehead atoms. The second kappa shape index (κ2) is 8.91. The molecule has 2 aromatic carbocycles. The number of ether oxygens (including phenoxy) is 1. The number of thiocarbonyl (C=S) groups is 1. The van der Waals surface area contributed by atoms with Crippen molar-refractivity contribution < 1.29 is 9.13 Å². The van der Waals surface area contributed by atoms with Crippen molar-refractivity contribution in [1.29, 1.82) is 0 Å². The lowest BCUT2D eigenvalue weighted by molar-refractivity contribution is 0.414. The minimum absolute atomic E-state index is 0.161. The molecule has 1 aliphatic rings. The van der Waals surface area contributed by atoms with Crippen LogP contribution >= 0.6 is 12.2 Å². The minimum atomic E-state index is -0.280. The first-order valence-electron chi connectivity index (χ1n) is 11.1. The molecule has 172 valence electrons. The molecule has 0 unspecified atom stereocenters. The lowest BCUT2D eigenvalue weighted by atomic mass is 9.96. The minimum Gasteiger partial charge on any atom is -0.497 e. The van der Waals surface area contributed by atoms with Gasteiger partial charge in [-0.1, -0.05) is 6.07 Å². The van der Waals surface area contributed by atoms with E-state index in [2.05, 4.69) is 39.7 Å². The Morgan fingerprint density at radius 1 is 0.971 bits per heavy atom. The van der Waals surface area contributed by atoms with Crippen LogP contribution in [-0.2, 0) is 0 Å². The summed E-state index contributed by atoms with van der Waals surface area (Å²) in [5.74, 6) is 0.534. The number of methoxy groups -OCH3 is 1. The number of aromatic nitrogens is 2. The number of nitrogens with zero attached hydrogens (tertiary/aromatic N) is 3. The summed E-state index contributed by atoms with van der Waals surface area (Å²) in [5.41, 5.74) is 6.12. The molecule has 7 heteroatoms. The van der Waals surface area contributed by atoms with Gasteiger partial charge in [-0.25, -0.2) is 4.39 Å². The van der Waals surface area contributed by atoms with E-state index in [1.807, 2.05) is 42.5 Å². The average Bonchev–Trinajstić information content (AvgIpc) is 3.35. The number of benzene rings is 2. The van der Waals surface area contributed by atoms with E-state index in [-0.39, 0.29) is 17.9 Å². The van der Waals surface area contributed by atoms with Crippen molar-refractivity contribution in [2.45, 2.75) is 25.9 Å². The van der Waals surface area contributed by atoms with E-state index < -0.39 is 0 Å². The van der Waals surface area contributed by atoms with Crippen LogP contribution in [0.3, 0.4) is 0 Å². The van der Waals surface area contributed by atoms with Gasteiger partial charge in [0, 0.05) is 29.0 Å². The van der Waals surface area contributed by atoms with Crippen molar-refractivity contribution >= 4 is 23.0 Å². The molecule has 5 nitrogen and oxygen atoms in total. The van der Waals surface area contributed by atoms with E-state index in [1.165, 1.54) is 12.1 Å². The molecular weight excluding hydrogens is 447 g/mol. The first-order chi connectivity index (χ1) is 16.5. The molecule has 0 saturated carbocycles. The Hall–Kier alpha value is -3.71. The van der Waals surface area contributed by atoms with Gasteiger partial charge in [0.15, 0.2) is 5.11 Å². The van der Waals surface area contributed by atoms with Crippen LogP contribution in [0.2, 0.25) is 0 Å². The van der Waals surface area contributed by atoms with Crippen LogP contribution in [0.1, 0.15) is 34.7 Å². The largest absolute Gasteiger partial charge is 0.497 e. The Bertz CT molecular complexity index is 1320. The second-order valence-electron chi connectivity index (χ2n) is 8.33. The van der Waals surface area contributed by atoms with Crippen molar-refractivity contribution in [3.63, 3.8) is 0 Å². The summed E-state index contributed by atoms with van der Waals surface area (Å²) in [5, 5.41) is 4.05. The Balaban J connectivity index is 1.65. The number of aryl methyl sites for hydroxylation is 1. The molecule has 4 aromatic rings. The van der Waals surface area contributed by atoms with Crippen LogP contribution in [0.4, 0.5) is 10.1 Å². The monoisotopic (exact) mass is 472 g/mol. The van der Waals surface area contributed by atoms with Crippen molar-refractivity contribution in [3.8, 4) is 11.4 Å². The molecule has 0 aliphatic carbocycles. The molecule has 0 radical (unpaired) electrons. The van der Waals surface area contributed by atoms with Crippen LogP contribution in [0, 0.1) is 19.7 Å². The van der Waals surface area contributed by atoms with Gasteiger partial charge in [0.25, 0.3) is 0 Å². The zero-order valence-corrected chi connectivity index (χ0v) is 20.0. The smallest absolute Gasteiger partial charge is 0.174 e. The van der Waals surface area contributed by atoms with Crippen LogP contribution in [0.15, 0.2) is 79.0 Å². The van der Waals surface area contributed by atoms with Gasteiger partial charge in [-0.05, 0) is 98.4 Å². The van der Waals surface area contributed by atoms with Gasteiger partial charge in [-0.3, -0.25) is 4.98 Å². The van der Waals surface area contributed by atoms with E-state index in [0.717, 1.165) is 39.8 Å². The van der Waals surface area contributed by atoms with Gasteiger partial charge in [0.1, 0.15) is 11.6 Å². The molecule has 0 spiro atoms. The van der Waals surface area contributed by atoms with Gasteiger partial charge < -0.3 is 19.5 Å². The third-order valence-electron chi connectivity index (χ3n) is 6.32. The van der Waals surface area contributed by atoms with E-state index >= 15 is 0 Å². The van der Waals surface area contributed by atoms with Gasteiger partial charge in [0.2, 0.25) is 0 Å². The third-order valence-corrected chi connectivity index (χ3v) is 6.64. The zero-order chi connectivity index (χ0) is 23.8. The van der Waals surface area contributed by atoms with Crippen molar-refractivity contribution in [1.82, 2.24) is 14.9 Å². The maximum atomic E-state index is 13.7. The summed E-state index contributed by atoms with van der Waals surface area (Å²) in [6, 6.07) is 22.2. The van der Waals surface area contributed by atoms with E-state index in [1.54, 1.807) is 25.4 Å². The molecular formula is C27H25FN4OS. The summed E-state index contributed by atoms with van der Waals surface area (Å²) in [6.45, 7) is 4.21. The van der Waals surface area contributed by atoms with E-state index in [4.69, 9.17) is 17.0 Å². The molecule has 0 amide bonds. The van der Waals surface area contributed by atoms with Crippen LogP contribution in [0.5, 0.6) is 5.75 Å². The van der Waals surface area contributed by atoms with Gasteiger partial charge in [-0.15, -0.1) is 0 Å². The molecule has 34 heavy (non-hydrogen) atoms. The maximum absolute atomic E-state index is 13.7. The topological polar surface area (TPSA) is 42.3 Å². The standard InChI is InChI=1S/C27H25FN4OS/c1-17-16-23(18(2)31(17)20-11-13-22(33-3)14-12-20)26-25(24-6-4-5-15-29-24)30-27(34)32(26)21-9-7-19(28)8-10-21/h4-16,25-26H,1-3H3,(H,30,34)/t25-,26+/m1/s1. The Morgan fingerprint density at radius 3 is 2.32 bits per heavy atom. The predicted octanol–water partition coefficient (Wildman–Crippen LogP) is 5.81. The number of rotatable bonds is 5. The van der Waals surface area contributed by atoms with Crippen molar-refractivity contribution in [2.24, 2.45) is 0 Å². The lowest BCUT2D eigenvalue weighted by Gasteiger charge is -2.28. The molecule has 2 atom stereocenters. The number of pyridine rings is 1. The Labute approximate surface area is 203 Å². The summed E-state index contributed by atoms with van der Waals surface area (Å²) >= 11 is 5.79. The molecule has 1 fully saturated rings. The van der Waals surface area contributed by atoms with Gasteiger partial charge >= 0.3 is 0 Å².